The molecule has 0 aliphatic rings. The molecular weight excluding hydrogens is 178 g/mol. The summed E-state index contributed by atoms with van der Waals surface area (Å²) in [6, 6.07) is -0.229. The van der Waals surface area contributed by atoms with E-state index in [9.17, 15) is 0 Å². The van der Waals surface area contributed by atoms with Gasteiger partial charge in [0, 0.05) is 0 Å². The molecule has 0 aliphatic heterocycles. The van der Waals surface area contributed by atoms with Gasteiger partial charge in [0.15, 0.2) is 0 Å². The van der Waals surface area contributed by atoms with Crippen molar-refractivity contribution in [3.05, 3.63) is 0 Å². The van der Waals surface area contributed by atoms with Crippen molar-refractivity contribution in [1.29, 1.82) is 0 Å². The van der Waals surface area contributed by atoms with Crippen LogP contribution in [0.4, 0.5) is 0 Å². The van der Waals surface area contributed by atoms with Crippen LogP contribution >= 0.6 is 0 Å². The molecule has 0 bridgehead atoms. The van der Waals surface area contributed by atoms with Crippen LogP contribution in [0.5, 0.6) is 0 Å². The number of ether oxygens (including phenoxy) is 1. The number of nitrogens with two attached hydrogens (primary N) is 1. The third-order valence-electron chi connectivity index (χ3n) is 2.29. The van der Waals surface area contributed by atoms with Gasteiger partial charge in [-0.1, -0.05) is 32.6 Å². The molecule has 0 heterocycles. The summed E-state index contributed by atoms with van der Waals surface area (Å²) >= 11 is 0. The van der Waals surface area contributed by atoms with Crippen LogP contribution in [0.2, 0.25) is 0 Å². The van der Waals surface area contributed by atoms with Crippen molar-refractivity contribution in [3.8, 4) is 0 Å². The van der Waals surface area contributed by atoms with Gasteiger partial charge in [0.25, 0.3) is 0 Å². The number of hydrogen-bond acceptors (Lipinski definition) is 3. The Morgan fingerprint density at radius 1 is 1.29 bits per heavy atom. The Labute approximate surface area is 87.6 Å². The van der Waals surface area contributed by atoms with Crippen LogP contribution in [0, 0.1) is 0 Å². The topological polar surface area (TPSA) is 55.5 Å². The van der Waals surface area contributed by atoms with Crippen molar-refractivity contribution in [1.82, 2.24) is 0 Å². The van der Waals surface area contributed by atoms with Crippen LogP contribution in [-0.2, 0) is 4.74 Å². The Morgan fingerprint density at radius 2 is 2.00 bits per heavy atom. The van der Waals surface area contributed by atoms with E-state index < -0.39 is 0 Å². The summed E-state index contributed by atoms with van der Waals surface area (Å²) in [5, 5.41) is 8.69. The molecule has 0 spiro atoms. The Kier molecular flexibility index (Phi) is 9.35. The molecule has 86 valence electrons. The minimum atomic E-state index is -0.229. The number of unbranched alkanes of at least 4 members (excludes halogenated alkanes) is 3. The third kappa shape index (κ3) is 8.48. The molecule has 0 amide bonds. The molecule has 0 aliphatic carbocycles. The maximum absolute atomic E-state index is 8.69. The van der Waals surface area contributed by atoms with Gasteiger partial charge >= 0.3 is 0 Å². The minimum Gasteiger partial charge on any atom is -0.395 e. The van der Waals surface area contributed by atoms with Crippen molar-refractivity contribution in [2.75, 3.05) is 13.2 Å². The summed E-state index contributed by atoms with van der Waals surface area (Å²) in [5.41, 5.74) is 5.52. The summed E-state index contributed by atoms with van der Waals surface area (Å²) in [4.78, 5) is 0. The molecule has 0 rings (SSSR count). The van der Waals surface area contributed by atoms with Gasteiger partial charge in [-0.05, 0) is 13.3 Å². The average molecular weight is 203 g/mol. The lowest BCUT2D eigenvalue weighted by Gasteiger charge is -2.15. The van der Waals surface area contributed by atoms with Crippen LogP contribution in [0.1, 0.15) is 46.0 Å². The molecule has 2 atom stereocenters. The highest BCUT2D eigenvalue weighted by Gasteiger charge is 2.05. The van der Waals surface area contributed by atoms with Gasteiger partial charge in [-0.25, -0.2) is 0 Å². The van der Waals surface area contributed by atoms with E-state index in [2.05, 4.69) is 13.8 Å². The van der Waals surface area contributed by atoms with E-state index in [1.165, 1.54) is 25.7 Å². The molecule has 0 saturated heterocycles. The molecule has 3 N–H and O–H groups in total. The first kappa shape index (κ1) is 13.9. The first-order valence-electron chi connectivity index (χ1n) is 5.68. The average Bonchev–Trinajstić information content (AvgIpc) is 2.21. The van der Waals surface area contributed by atoms with Crippen LogP contribution in [0.15, 0.2) is 0 Å². The monoisotopic (exact) mass is 203 g/mol. The molecule has 3 heteroatoms. The predicted molar refractivity (Wildman–Crippen MR) is 59.2 cm³/mol. The summed E-state index contributed by atoms with van der Waals surface area (Å²) < 4.78 is 5.49. The normalized spacial score (nSPS) is 15.4. The van der Waals surface area contributed by atoms with Gasteiger partial charge in [-0.3, -0.25) is 0 Å². The first-order chi connectivity index (χ1) is 6.70. The van der Waals surface area contributed by atoms with Crippen molar-refractivity contribution >= 4 is 0 Å². The Hall–Kier alpha value is -0.120. The summed E-state index contributed by atoms with van der Waals surface area (Å²) in [7, 11) is 0. The van der Waals surface area contributed by atoms with E-state index in [-0.39, 0.29) is 18.8 Å². The van der Waals surface area contributed by atoms with Gasteiger partial charge in [-0.2, -0.15) is 0 Å². The molecule has 0 radical (unpaired) electrons. The Bertz CT molecular complexity index is 120. The minimum absolute atomic E-state index is 0.00253. The van der Waals surface area contributed by atoms with Gasteiger partial charge in [0.2, 0.25) is 0 Å². The molecule has 0 aromatic rings. The zero-order chi connectivity index (χ0) is 10.8. The molecule has 0 fully saturated rings. The molecule has 0 aromatic carbocycles. The van der Waals surface area contributed by atoms with E-state index in [1.807, 2.05) is 0 Å². The largest absolute Gasteiger partial charge is 0.395 e. The van der Waals surface area contributed by atoms with E-state index >= 15 is 0 Å². The van der Waals surface area contributed by atoms with Gasteiger partial charge in [0.1, 0.15) is 0 Å². The fraction of sp³-hybridized carbons (Fsp3) is 1.00. The lowest BCUT2D eigenvalue weighted by Crippen LogP contribution is -2.31. The fourth-order valence-corrected chi connectivity index (χ4v) is 1.28. The zero-order valence-corrected chi connectivity index (χ0v) is 9.54. The second-order valence-corrected chi connectivity index (χ2v) is 3.94. The van der Waals surface area contributed by atoms with E-state index in [0.29, 0.717) is 6.61 Å². The zero-order valence-electron chi connectivity index (χ0n) is 9.54. The highest BCUT2D eigenvalue weighted by atomic mass is 16.5. The highest BCUT2D eigenvalue weighted by Crippen LogP contribution is 2.07. The quantitative estimate of drug-likeness (QED) is 0.561. The van der Waals surface area contributed by atoms with Gasteiger partial charge < -0.3 is 15.6 Å². The lowest BCUT2D eigenvalue weighted by molar-refractivity contribution is 0.0393. The summed E-state index contributed by atoms with van der Waals surface area (Å²) in [5.74, 6) is 0. The third-order valence-corrected chi connectivity index (χ3v) is 2.29. The summed E-state index contributed by atoms with van der Waals surface area (Å²) in [6.07, 6.45) is 6.45. The van der Waals surface area contributed by atoms with Crippen molar-refractivity contribution in [2.45, 2.75) is 58.1 Å². The Balaban J connectivity index is 3.23. The smallest absolute Gasteiger partial charge is 0.0643 e. The number of hydrogen-bond donors (Lipinski definition) is 2. The van der Waals surface area contributed by atoms with Gasteiger partial charge in [0.05, 0.1) is 25.4 Å². The number of rotatable bonds is 9. The molecular formula is C11H25NO2. The first-order valence-corrected chi connectivity index (χ1v) is 5.68. The van der Waals surface area contributed by atoms with Gasteiger partial charge in [-0.15, -0.1) is 0 Å². The second kappa shape index (κ2) is 9.44. The number of aliphatic hydroxyl groups excluding tert-OH is 1. The van der Waals surface area contributed by atoms with Crippen molar-refractivity contribution in [3.63, 3.8) is 0 Å². The van der Waals surface area contributed by atoms with Crippen molar-refractivity contribution in [2.24, 2.45) is 5.73 Å². The molecule has 14 heavy (non-hydrogen) atoms. The maximum atomic E-state index is 8.69. The maximum Gasteiger partial charge on any atom is 0.0643 e. The predicted octanol–water partition coefficient (Wildman–Crippen LogP) is 1.68. The van der Waals surface area contributed by atoms with Crippen LogP contribution in [-0.4, -0.2) is 30.5 Å². The van der Waals surface area contributed by atoms with E-state index in [1.54, 1.807) is 0 Å². The van der Waals surface area contributed by atoms with Crippen LogP contribution in [0.3, 0.4) is 0 Å². The lowest BCUT2D eigenvalue weighted by atomic mass is 10.1. The molecule has 3 nitrogen and oxygen atoms in total. The SMILES string of the molecule is CCCCCCC(C)OCC(N)CO. The standard InChI is InChI=1S/C11H25NO2/c1-3-4-5-6-7-10(2)14-9-11(12)8-13/h10-11,13H,3-9,12H2,1-2H3. The fourth-order valence-electron chi connectivity index (χ4n) is 1.28. The summed E-state index contributed by atoms with van der Waals surface area (Å²) in [6.45, 7) is 4.74. The van der Waals surface area contributed by atoms with Crippen LogP contribution in [0.25, 0.3) is 0 Å². The van der Waals surface area contributed by atoms with Crippen molar-refractivity contribution < 1.29 is 9.84 Å². The Morgan fingerprint density at radius 3 is 2.57 bits per heavy atom. The second-order valence-electron chi connectivity index (χ2n) is 3.94. The van der Waals surface area contributed by atoms with E-state index in [4.69, 9.17) is 15.6 Å². The molecule has 0 aromatic heterocycles. The van der Waals surface area contributed by atoms with E-state index in [0.717, 1.165) is 6.42 Å². The van der Waals surface area contributed by atoms with Crippen LogP contribution < -0.4 is 5.73 Å². The molecule has 0 saturated carbocycles. The highest BCUT2D eigenvalue weighted by molar-refractivity contribution is 4.59. The number of aliphatic hydroxyl groups is 1. The molecule has 2 unspecified atom stereocenters.